The third-order valence-electron chi connectivity index (χ3n) is 2.91. The van der Waals surface area contributed by atoms with Gasteiger partial charge in [-0.3, -0.25) is 4.79 Å². The second kappa shape index (κ2) is 9.27. The van der Waals surface area contributed by atoms with Crippen LogP contribution in [0.25, 0.3) is 0 Å². The second-order valence-electron chi connectivity index (χ2n) is 4.49. The normalized spacial score (nSPS) is 13.8. The van der Waals surface area contributed by atoms with E-state index in [4.69, 9.17) is 16.3 Å². The molecule has 0 saturated heterocycles. The number of thioether (sulfide) groups is 1. The van der Waals surface area contributed by atoms with E-state index in [9.17, 15) is 4.79 Å². The Hall–Kier alpha value is -0.670. The highest BCUT2D eigenvalue weighted by molar-refractivity contribution is 8.00. The lowest BCUT2D eigenvalue weighted by atomic mass is 10.1. The number of hydrogen-bond donors (Lipinski definition) is 0. The smallest absolute Gasteiger partial charge is 0.309 e. The fourth-order valence-electron chi connectivity index (χ4n) is 1.51. The van der Waals surface area contributed by atoms with E-state index in [2.05, 4.69) is 19.1 Å². The lowest BCUT2D eigenvalue weighted by molar-refractivity contribution is -0.147. The van der Waals surface area contributed by atoms with Crippen molar-refractivity contribution < 1.29 is 9.53 Å². The van der Waals surface area contributed by atoms with Gasteiger partial charge in [0.05, 0.1) is 12.5 Å². The summed E-state index contributed by atoms with van der Waals surface area (Å²) >= 11 is 7.28. The molecule has 0 aromatic heterocycles. The monoisotopic (exact) mass is 300 g/mol. The van der Waals surface area contributed by atoms with Crippen LogP contribution in [0, 0.1) is 5.92 Å². The Morgan fingerprint density at radius 3 is 2.58 bits per heavy atom. The molecule has 106 valence electrons. The van der Waals surface area contributed by atoms with Crippen LogP contribution < -0.4 is 0 Å². The summed E-state index contributed by atoms with van der Waals surface area (Å²) in [6.45, 7) is 4.45. The number of ether oxygens (including phenoxy) is 1. The van der Waals surface area contributed by atoms with Crippen molar-refractivity contribution in [2.75, 3.05) is 12.5 Å². The summed E-state index contributed by atoms with van der Waals surface area (Å²) in [5.41, 5.74) is 0. The number of alkyl halides is 1. The lowest BCUT2D eigenvalue weighted by Crippen LogP contribution is -2.23. The van der Waals surface area contributed by atoms with E-state index in [0.29, 0.717) is 12.5 Å². The summed E-state index contributed by atoms with van der Waals surface area (Å²) in [5.74, 6) is 0.389. The molecule has 2 nitrogen and oxygen atoms in total. The van der Waals surface area contributed by atoms with Crippen molar-refractivity contribution in [1.82, 2.24) is 0 Å². The Labute approximate surface area is 124 Å². The topological polar surface area (TPSA) is 26.3 Å². The maximum Gasteiger partial charge on any atom is 0.309 e. The zero-order chi connectivity index (χ0) is 14.1. The van der Waals surface area contributed by atoms with Crippen LogP contribution in [-0.2, 0) is 9.53 Å². The predicted molar refractivity (Wildman–Crippen MR) is 81.8 cm³/mol. The predicted octanol–water partition coefficient (Wildman–Crippen LogP) is 4.37. The molecule has 4 heteroatoms. The molecule has 0 N–H and O–H groups in total. The van der Waals surface area contributed by atoms with Crippen molar-refractivity contribution in [3.8, 4) is 0 Å². The highest BCUT2D eigenvalue weighted by Gasteiger charge is 2.22. The minimum atomic E-state index is -0.120. The van der Waals surface area contributed by atoms with Crippen molar-refractivity contribution in [2.24, 2.45) is 5.92 Å². The molecule has 0 heterocycles. The van der Waals surface area contributed by atoms with Crippen molar-refractivity contribution in [2.45, 2.75) is 36.8 Å². The molecule has 2 atom stereocenters. The third-order valence-corrected chi connectivity index (χ3v) is 4.51. The zero-order valence-electron chi connectivity index (χ0n) is 11.5. The second-order valence-corrected chi connectivity index (χ2v) is 6.32. The Morgan fingerprint density at radius 1 is 1.26 bits per heavy atom. The Balaban J connectivity index is 2.34. The molecule has 0 aliphatic rings. The van der Waals surface area contributed by atoms with Crippen LogP contribution in [0.2, 0.25) is 0 Å². The van der Waals surface area contributed by atoms with Gasteiger partial charge in [-0.25, -0.2) is 0 Å². The minimum Gasteiger partial charge on any atom is -0.465 e. The number of benzene rings is 1. The maximum atomic E-state index is 11.9. The standard InChI is InChI=1S/C15H21ClO2S/c1-12(15(17)18-11-7-6-10-16)13(2)19-14-8-4-3-5-9-14/h3-5,8-9,12-13H,6-7,10-11H2,1-2H3. The van der Waals surface area contributed by atoms with E-state index < -0.39 is 0 Å². The van der Waals surface area contributed by atoms with Crippen molar-refractivity contribution >= 4 is 29.3 Å². The van der Waals surface area contributed by atoms with Gasteiger partial charge >= 0.3 is 5.97 Å². The summed E-state index contributed by atoms with van der Waals surface area (Å²) in [6, 6.07) is 10.1. The first-order chi connectivity index (χ1) is 9.15. The van der Waals surface area contributed by atoms with E-state index in [0.717, 1.165) is 12.8 Å². The number of rotatable bonds is 8. The molecule has 1 aromatic rings. The SMILES string of the molecule is CC(Sc1ccccc1)C(C)C(=O)OCCCCCl. The van der Waals surface area contributed by atoms with Crippen molar-refractivity contribution in [3.05, 3.63) is 30.3 Å². The Kier molecular flexibility index (Phi) is 7.99. The number of carbonyl (C=O) groups is 1. The summed E-state index contributed by atoms with van der Waals surface area (Å²) in [7, 11) is 0. The van der Waals surface area contributed by atoms with E-state index in [-0.39, 0.29) is 17.1 Å². The molecule has 19 heavy (non-hydrogen) atoms. The van der Waals surface area contributed by atoms with Gasteiger partial charge in [0.1, 0.15) is 0 Å². The van der Waals surface area contributed by atoms with Gasteiger partial charge in [0, 0.05) is 16.0 Å². The fourth-order valence-corrected chi connectivity index (χ4v) is 2.76. The van der Waals surface area contributed by atoms with Crippen LogP contribution in [0.4, 0.5) is 0 Å². The highest BCUT2D eigenvalue weighted by Crippen LogP contribution is 2.28. The van der Waals surface area contributed by atoms with Gasteiger partial charge in [-0.15, -0.1) is 23.4 Å². The fraction of sp³-hybridized carbons (Fsp3) is 0.533. The van der Waals surface area contributed by atoms with E-state index in [1.165, 1.54) is 4.90 Å². The Morgan fingerprint density at radius 2 is 1.95 bits per heavy atom. The summed E-state index contributed by atoms with van der Waals surface area (Å²) in [4.78, 5) is 13.0. The molecule has 1 rings (SSSR count). The third kappa shape index (κ3) is 6.35. The molecule has 0 fully saturated rings. The number of carbonyl (C=O) groups excluding carboxylic acids is 1. The average molecular weight is 301 g/mol. The van der Waals surface area contributed by atoms with Crippen LogP contribution in [0.5, 0.6) is 0 Å². The van der Waals surface area contributed by atoms with Gasteiger partial charge in [0.25, 0.3) is 0 Å². The van der Waals surface area contributed by atoms with Gasteiger partial charge in [0.15, 0.2) is 0 Å². The first kappa shape index (κ1) is 16.4. The molecule has 0 aliphatic carbocycles. The first-order valence-corrected chi connectivity index (χ1v) is 8.01. The minimum absolute atomic E-state index is 0.110. The van der Waals surface area contributed by atoms with Gasteiger partial charge < -0.3 is 4.74 Å². The van der Waals surface area contributed by atoms with Gasteiger partial charge in [0.2, 0.25) is 0 Å². The summed E-state index contributed by atoms with van der Waals surface area (Å²) in [5, 5.41) is 0.197. The van der Waals surface area contributed by atoms with Crippen LogP contribution >= 0.6 is 23.4 Å². The largest absolute Gasteiger partial charge is 0.465 e. The maximum absolute atomic E-state index is 11.9. The number of halogens is 1. The summed E-state index contributed by atoms with van der Waals surface area (Å²) in [6.07, 6.45) is 1.72. The van der Waals surface area contributed by atoms with Gasteiger partial charge in [-0.2, -0.15) is 0 Å². The van der Waals surface area contributed by atoms with Crippen LogP contribution in [-0.4, -0.2) is 23.7 Å². The molecule has 1 aromatic carbocycles. The molecule has 0 saturated carbocycles. The molecule has 0 spiro atoms. The average Bonchev–Trinajstić information content (AvgIpc) is 2.43. The molecular formula is C15H21ClO2S. The van der Waals surface area contributed by atoms with Gasteiger partial charge in [-0.05, 0) is 25.0 Å². The molecule has 0 amide bonds. The summed E-state index contributed by atoms with van der Waals surface area (Å²) < 4.78 is 5.25. The van der Waals surface area contributed by atoms with Crippen molar-refractivity contribution in [1.29, 1.82) is 0 Å². The molecule has 0 aliphatic heterocycles. The molecule has 2 unspecified atom stereocenters. The van der Waals surface area contributed by atoms with Crippen LogP contribution in [0.15, 0.2) is 35.2 Å². The zero-order valence-corrected chi connectivity index (χ0v) is 13.0. The first-order valence-electron chi connectivity index (χ1n) is 6.59. The quantitative estimate of drug-likeness (QED) is 0.309. The highest BCUT2D eigenvalue weighted by atomic mass is 35.5. The number of esters is 1. The number of hydrogen-bond acceptors (Lipinski definition) is 3. The van der Waals surface area contributed by atoms with Gasteiger partial charge in [-0.1, -0.05) is 32.0 Å². The van der Waals surface area contributed by atoms with E-state index in [1.807, 2.05) is 25.1 Å². The van der Waals surface area contributed by atoms with E-state index in [1.54, 1.807) is 11.8 Å². The molecule has 0 bridgehead atoms. The van der Waals surface area contributed by atoms with Crippen LogP contribution in [0.3, 0.4) is 0 Å². The van der Waals surface area contributed by atoms with E-state index >= 15 is 0 Å². The number of unbranched alkanes of at least 4 members (excludes halogenated alkanes) is 1. The lowest BCUT2D eigenvalue weighted by Gasteiger charge is -2.18. The van der Waals surface area contributed by atoms with Crippen molar-refractivity contribution in [3.63, 3.8) is 0 Å². The van der Waals surface area contributed by atoms with Crippen LogP contribution in [0.1, 0.15) is 26.7 Å². The Bertz CT molecular complexity index is 370. The molecular weight excluding hydrogens is 280 g/mol. The molecule has 0 radical (unpaired) electrons.